The Morgan fingerprint density at radius 3 is 0.848 bits per heavy atom. The second-order valence-electron chi connectivity index (χ2n) is 7.53. The van der Waals surface area contributed by atoms with E-state index >= 15 is 0 Å². The van der Waals surface area contributed by atoms with Gasteiger partial charge in [0, 0.05) is 10.8 Å². The molecule has 0 N–H and O–H groups in total. The van der Waals surface area contributed by atoms with Crippen LogP contribution in [-0.2, 0) is 18.3 Å². The van der Waals surface area contributed by atoms with Crippen molar-refractivity contribution in [3.63, 3.8) is 0 Å². The van der Waals surface area contributed by atoms with Gasteiger partial charge in [-0.3, -0.25) is 0 Å². The fourth-order valence-electron chi connectivity index (χ4n) is 2.84. The molecule has 17 heteroatoms. The average Bonchev–Trinajstić information content (AvgIpc) is 2.57. The number of unbranched alkanes of at least 4 members (excludes halogenated alkanes) is 8. The standard InChI is InChI=1S/2C8H20O6P2.Ca/c2*1-2-3-4-5-6-7-8(15(9,10)11)16(12,13)14;/h2*8H,2-7H2,1H3,(H2,9,10,11)(H2,12,13,14);/q;;+2/p-8. The van der Waals surface area contributed by atoms with Crippen LogP contribution in [0.3, 0.4) is 0 Å². The van der Waals surface area contributed by atoms with E-state index in [2.05, 4.69) is 0 Å². The second kappa shape index (κ2) is 19.0. The predicted octanol–water partition coefficient (Wildman–Crippen LogP) is -1.38. The molecule has 0 saturated carbocycles. The summed E-state index contributed by atoms with van der Waals surface area (Å²) in [4.78, 5) is 84.8. The first-order chi connectivity index (χ1) is 14.4. The quantitative estimate of drug-likeness (QED) is 0.116. The van der Waals surface area contributed by atoms with Crippen molar-refractivity contribution < 1.29 is 57.4 Å². The second-order valence-corrected chi connectivity index (χ2v) is 15.2. The van der Waals surface area contributed by atoms with Gasteiger partial charge in [-0.15, -0.1) is 0 Å². The molecule has 0 bridgehead atoms. The zero-order valence-corrected chi connectivity index (χ0v) is 24.8. The summed E-state index contributed by atoms with van der Waals surface area (Å²) in [6, 6.07) is 0. The Bertz CT molecular complexity index is 581. The van der Waals surface area contributed by atoms with Crippen molar-refractivity contribution in [1.29, 1.82) is 0 Å². The van der Waals surface area contributed by atoms with E-state index in [4.69, 9.17) is 0 Å². The van der Waals surface area contributed by atoms with Crippen molar-refractivity contribution in [2.24, 2.45) is 0 Å². The summed E-state index contributed by atoms with van der Waals surface area (Å²) in [6.45, 7) is 3.99. The smallest absolute Gasteiger partial charge is 0.810 e. The molecule has 0 heterocycles. The minimum atomic E-state index is -5.34. The van der Waals surface area contributed by atoms with Gasteiger partial charge >= 0.3 is 37.7 Å². The SMILES string of the molecule is CCCCCCCC(P(=O)([O-])[O-])P(=O)([O-])[O-].CCCCCCCC(P(=O)([O-])[O-])P(=O)([O-])[O-].[Ca+2]. The van der Waals surface area contributed by atoms with Crippen LogP contribution in [0.25, 0.3) is 0 Å². The molecule has 0 aromatic rings. The normalized spacial score (nSPS) is 13.0. The van der Waals surface area contributed by atoms with E-state index in [1.165, 1.54) is 0 Å². The predicted molar refractivity (Wildman–Crippen MR) is 111 cm³/mol. The van der Waals surface area contributed by atoms with Crippen LogP contribution in [0.15, 0.2) is 0 Å². The van der Waals surface area contributed by atoms with Crippen LogP contribution in [0.2, 0.25) is 0 Å². The number of hydrogen-bond donors (Lipinski definition) is 0. The Labute approximate surface area is 226 Å². The van der Waals surface area contributed by atoms with E-state index in [9.17, 15) is 57.4 Å². The maximum atomic E-state index is 10.6. The largest absolute Gasteiger partial charge is 2.00 e. The van der Waals surface area contributed by atoms with Crippen molar-refractivity contribution in [3.05, 3.63) is 0 Å². The Hall–Kier alpha value is 1.86. The fourth-order valence-corrected chi connectivity index (χ4v) is 7.61. The molecule has 12 nitrogen and oxygen atoms in total. The van der Waals surface area contributed by atoms with Crippen molar-refractivity contribution in [2.75, 3.05) is 0 Å². The summed E-state index contributed by atoms with van der Waals surface area (Å²) < 4.78 is 42.4. The van der Waals surface area contributed by atoms with Crippen LogP contribution >= 0.6 is 30.4 Å². The first-order valence-electron chi connectivity index (χ1n) is 10.5. The van der Waals surface area contributed by atoms with E-state index in [0.29, 0.717) is 12.8 Å². The number of rotatable bonds is 16. The molecule has 0 amide bonds. The summed E-state index contributed by atoms with van der Waals surface area (Å²) in [5, 5.41) is -4.55. The molecule has 0 aliphatic heterocycles. The van der Waals surface area contributed by atoms with Gasteiger partial charge in [-0.2, -0.15) is 0 Å². The molecule has 0 unspecified atom stereocenters. The van der Waals surface area contributed by atoms with Gasteiger partial charge in [0.1, 0.15) is 0 Å². The van der Waals surface area contributed by atoms with Gasteiger partial charge in [0.15, 0.2) is 0 Å². The summed E-state index contributed by atoms with van der Waals surface area (Å²) in [5.41, 5.74) is 0. The van der Waals surface area contributed by atoms with Crippen LogP contribution in [0.1, 0.15) is 90.9 Å². The van der Waals surface area contributed by atoms with Crippen molar-refractivity contribution >= 4 is 68.1 Å². The zero-order chi connectivity index (χ0) is 25.6. The Kier molecular flexibility index (Phi) is 22.7. The fraction of sp³-hybridized carbons (Fsp3) is 1.00. The third kappa shape index (κ3) is 21.6. The first-order valence-corrected chi connectivity index (χ1v) is 16.9. The average molecular weight is 580 g/mol. The van der Waals surface area contributed by atoms with E-state index in [0.717, 1.165) is 38.5 Å². The maximum absolute atomic E-state index is 10.6. The first kappa shape index (κ1) is 39.4. The van der Waals surface area contributed by atoms with Crippen LogP contribution in [0.5, 0.6) is 0 Å². The van der Waals surface area contributed by atoms with Crippen molar-refractivity contribution in [1.82, 2.24) is 0 Å². The minimum absolute atomic E-state index is 0. The van der Waals surface area contributed by atoms with Crippen LogP contribution in [0.4, 0.5) is 0 Å². The summed E-state index contributed by atoms with van der Waals surface area (Å²) >= 11 is 0. The molecule has 0 aliphatic rings. The molecule has 0 rings (SSSR count). The zero-order valence-electron chi connectivity index (χ0n) is 19.0. The third-order valence-electron chi connectivity index (χ3n) is 4.59. The third-order valence-corrected chi connectivity index (χ3v) is 11.9. The van der Waals surface area contributed by atoms with Gasteiger partial charge in [0.25, 0.3) is 0 Å². The van der Waals surface area contributed by atoms with Gasteiger partial charge in [-0.1, -0.05) is 108 Å². The Morgan fingerprint density at radius 1 is 0.455 bits per heavy atom. The molecule has 196 valence electrons. The van der Waals surface area contributed by atoms with Gasteiger partial charge in [0.05, 0.1) is 0 Å². The van der Waals surface area contributed by atoms with Gasteiger partial charge in [0.2, 0.25) is 0 Å². The molecule has 0 radical (unpaired) electrons. The topological polar surface area (TPSA) is 253 Å². The molecule has 0 aromatic heterocycles. The molecule has 0 spiro atoms. The molecule has 0 saturated heterocycles. The Balaban J connectivity index is -0.000000529. The number of hydrogen-bond acceptors (Lipinski definition) is 12. The van der Waals surface area contributed by atoms with E-state index in [1.54, 1.807) is 0 Å². The summed E-state index contributed by atoms with van der Waals surface area (Å²) in [7, 11) is -21.4. The monoisotopic (exact) mass is 580 g/mol. The maximum Gasteiger partial charge on any atom is 2.00 e. The van der Waals surface area contributed by atoms with Gasteiger partial charge in [-0.25, -0.2) is 0 Å². The van der Waals surface area contributed by atoms with E-state index in [1.807, 2.05) is 13.8 Å². The molecule has 0 aliphatic carbocycles. The van der Waals surface area contributed by atoms with E-state index in [-0.39, 0.29) is 63.4 Å². The van der Waals surface area contributed by atoms with Gasteiger partial charge in [-0.05, 0) is 12.8 Å². The van der Waals surface area contributed by atoms with Crippen LogP contribution < -0.4 is 39.1 Å². The van der Waals surface area contributed by atoms with Crippen LogP contribution in [-0.4, -0.2) is 48.5 Å². The molecule has 0 aromatic carbocycles. The molecule has 0 atom stereocenters. The Morgan fingerprint density at radius 2 is 0.667 bits per heavy atom. The van der Waals surface area contributed by atoms with Gasteiger partial charge < -0.3 is 57.4 Å². The van der Waals surface area contributed by atoms with Crippen molar-refractivity contribution in [3.8, 4) is 0 Å². The molecule has 0 fully saturated rings. The van der Waals surface area contributed by atoms with E-state index < -0.39 is 41.2 Å². The molecule has 33 heavy (non-hydrogen) atoms. The summed E-state index contributed by atoms with van der Waals surface area (Å²) in [5.74, 6) is 0. The van der Waals surface area contributed by atoms with Crippen molar-refractivity contribution in [2.45, 2.75) is 102 Å². The molecular formula is C16H32CaO12P4-6. The molecular weight excluding hydrogens is 548 g/mol. The van der Waals surface area contributed by atoms with Crippen LogP contribution in [0, 0.1) is 0 Å². The summed E-state index contributed by atoms with van der Waals surface area (Å²) in [6.07, 6.45) is 6.64. The minimum Gasteiger partial charge on any atom is -0.810 e.